The van der Waals surface area contributed by atoms with E-state index >= 15 is 0 Å². The molecule has 2 N–H and O–H groups in total. The van der Waals surface area contributed by atoms with E-state index in [9.17, 15) is 4.79 Å². The van der Waals surface area contributed by atoms with Gasteiger partial charge in [0.15, 0.2) is 5.65 Å². The Balaban J connectivity index is 2.55. The number of fused-ring (bicyclic) bond motifs is 1. The van der Waals surface area contributed by atoms with Crippen molar-refractivity contribution in [2.24, 2.45) is 0 Å². The molecule has 0 saturated carbocycles. The third-order valence-corrected chi connectivity index (χ3v) is 2.66. The van der Waals surface area contributed by atoms with Crippen molar-refractivity contribution in [3.05, 3.63) is 18.3 Å². The van der Waals surface area contributed by atoms with Crippen LogP contribution < -0.4 is 5.73 Å². The highest BCUT2D eigenvalue weighted by molar-refractivity contribution is 5.83. The third kappa shape index (κ3) is 1.82. The molecule has 1 unspecified atom stereocenters. The number of carbonyl (C=O) groups is 1. The monoisotopic (exact) mass is 233 g/mol. The van der Waals surface area contributed by atoms with E-state index in [2.05, 4.69) is 9.97 Å². The summed E-state index contributed by atoms with van der Waals surface area (Å²) < 4.78 is 1.65. The van der Waals surface area contributed by atoms with Gasteiger partial charge in [-0.15, -0.1) is 0 Å². The second-order valence-electron chi connectivity index (χ2n) is 4.09. The standard InChI is InChI=1S/C11H15N5O/c1-7(10(17)15(2)3)16-9-8(14-11(16)12)5-4-6-13-9/h4-7H,1-3H3,(H2,12,14). The van der Waals surface area contributed by atoms with Crippen molar-refractivity contribution < 1.29 is 4.79 Å². The number of anilines is 1. The average molecular weight is 233 g/mol. The molecule has 2 rings (SSSR count). The van der Waals surface area contributed by atoms with Gasteiger partial charge >= 0.3 is 0 Å². The Kier molecular flexibility index (Phi) is 2.71. The minimum Gasteiger partial charge on any atom is -0.369 e. The van der Waals surface area contributed by atoms with Crippen LogP contribution in [-0.2, 0) is 4.79 Å². The SMILES string of the molecule is CC(C(=O)N(C)C)n1c(N)nc2cccnc21. The number of nitrogens with zero attached hydrogens (tertiary/aromatic N) is 4. The van der Waals surface area contributed by atoms with Crippen molar-refractivity contribution in [2.45, 2.75) is 13.0 Å². The molecule has 0 saturated heterocycles. The largest absolute Gasteiger partial charge is 0.369 e. The van der Waals surface area contributed by atoms with E-state index in [0.29, 0.717) is 17.1 Å². The smallest absolute Gasteiger partial charge is 0.245 e. The van der Waals surface area contributed by atoms with E-state index in [4.69, 9.17) is 5.73 Å². The van der Waals surface area contributed by atoms with Gasteiger partial charge in [0.2, 0.25) is 11.9 Å². The Labute approximate surface area is 99.1 Å². The number of nitrogens with two attached hydrogens (primary N) is 1. The van der Waals surface area contributed by atoms with Crippen LogP contribution in [0, 0.1) is 0 Å². The number of amides is 1. The maximum absolute atomic E-state index is 11.9. The molecule has 2 heterocycles. The summed E-state index contributed by atoms with van der Waals surface area (Å²) >= 11 is 0. The molecular weight excluding hydrogens is 218 g/mol. The number of imidazole rings is 1. The van der Waals surface area contributed by atoms with E-state index in [1.807, 2.05) is 6.07 Å². The molecule has 0 aliphatic rings. The van der Waals surface area contributed by atoms with Crippen molar-refractivity contribution in [1.82, 2.24) is 19.4 Å². The first-order valence-electron chi connectivity index (χ1n) is 5.32. The van der Waals surface area contributed by atoms with Crippen molar-refractivity contribution in [2.75, 3.05) is 19.8 Å². The number of hydrogen-bond donors (Lipinski definition) is 1. The summed E-state index contributed by atoms with van der Waals surface area (Å²) in [6, 6.07) is 3.20. The lowest BCUT2D eigenvalue weighted by Crippen LogP contribution is -2.30. The summed E-state index contributed by atoms with van der Waals surface area (Å²) in [5.74, 6) is 0.267. The zero-order valence-corrected chi connectivity index (χ0v) is 10.1. The normalized spacial score (nSPS) is 12.6. The fraction of sp³-hybridized carbons (Fsp3) is 0.364. The number of nitrogen functional groups attached to an aromatic ring is 1. The highest BCUT2D eigenvalue weighted by atomic mass is 16.2. The van der Waals surface area contributed by atoms with Gasteiger partial charge < -0.3 is 10.6 Å². The summed E-state index contributed by atoms with van der Waals surface area (Å²) in [5.41, 5.74) is 7.16. The Morgan fingerprint density at radius 1 is 1.53 bits per heavy atom. The molecule has 6 nitrogen and oxygen atoms in total. The van der Waals surface area contributed by atoms with Gasteiger partial charge in [0.25, 0.3) is 0 Å². The molecule has 0 spiro atoms. The number of likely N-dealkylation sites (N-methyl/N-ethyl adjacent to an activating group) is 1. The number of rotatable bonds is 2. The summed E-state index contributed by atoms with van der Waals surface area (Å²) in [5, 5.41) is 0. The van der Waals surface area contributed by atoms with Gasteiger partial charge in [0.05, 0.1) is 0 Å². The second kappa shape index (κ2) is 4.04. The Hall–Kier alpha value is -2.11. The van der Waals surface area contributed by atoms with Crippen LogP contribution in [0.1, 0.15) is 13.0 Å². The van der Waals surface area contributed by atoms with Gasteiger partial charge in [-0.25, -0.2) is 9.97 Å². The average Bonchev–Trinajstić information content (AvgIpc) is 2.62. The minimum atomic E-state index is -0.412. The summed E-state index contributed by atoms with van der Waals surface area (Å²) in [6.07, 6.45) is 1.66. The van der Waals surface area contributed by atoms with E-state index in [1.54, 1.807) is 37.8 Å². The molecule has 1 atom stereocenters. The molecule has 17 heavy (non-hydrogen) atoms. The van der Waals surface area contributed by atoms with Crippen molar-refractivity contribution in [3.8, 4) is 0 Å². The Morgan fingerprint density at radius 2 is 2.24 bits per heavy atom. The predicted molar refractivity (Wildman–Crippen MR) is 65.3 cm³/mol. The number of carbonyl (C=O) groups excluding carboxylic acids is 1. The molecule has 0 radical (unpaired) electrons. The molecule has 1 amide bonds. The molecule has 0 bridgehead atoms. The molecule has 90 valence electrons. The van der Waals surface area contributed by atoms with Gasteiger partial charge in [-0.1, -0.05) is 0 Å². The predicted octanol–water partition coefficient (Wildman–Crippen LogP) is 0.663. The summed E-state index contributed by atoms with van der Waals surface area (Å²) in [4.78, 5) is 21.9. The van der Waals surface area contributed by atoms with Crippen LogP contribution in [-0.4, -0.2) is 39.4 Å². The van der Waals surface area contributed by atoms with Crippen LogP contribution in [0.25, 0.3) is 11.2 Å². The van der Waals surface area contributed by atoms with E-state index < -0.39 is 6.04 Å². The second-order valence-corrected chi connectivity index (χ2v) is 4.09. The minimum absolute atomic E-state index is 0.0401. The van der Waals surface area contributed by atoms with Crippen molar-refractivity contribution >= 4 is 23.0 Å². The molecule has 0 fully saturated rings. The molecule has 2 aromatic heterocycles. The van der Waals surface area contributed by atoms with E-state index in [0.717, 1.165) is 0 Å². The first kappa shape index (κ1) is 11.4. The molecule has 0 aliphatic heterocycles. The van der Waals surface area contributed by atoms with Crippen molar-refractivity contribution in [3.63, 3.8) is 0 Å². The molecule has 6 heteroatoms. The number of hydrogen-bond acceptors (Lipinski definition) is 4. The Morgan fingerprint density at radius 3 is 2.88 bits per heavy atom. The van der Waals surface area contributed by atoms with Crippen LogP contribution in [0.3, 0.4) is 0 Å². The number of aromatic nitrogens is 3. The first-order chi connectivity index (χ1) is 8.02. The van der Waals surface area contributed by atoms with Crippen LogP contribution in [0.15, 0.2) is 18.3 Å². The van der Waals surface area contributed by atoms with Crippen LogP contribution in [0.4, 0.5) is 5.95 Å². The zero-order valence-electron chi connectivity index (χ0n) is 10.1. The maximum Gasteiger partial charge on any atom is 0.245 e. The topological polar surface area (TPSA) is 77.0 Å². The summed E-state index contributed by atoms with van der Waals surface area (Å²) in [7, 11) is 3.42. The zero-order chi connectivity index (χ0) is 12.6. The quantitative estimate of drug-likeness (QED) is 0.826. The highest BCUT2D eigenvalue weighted by Gasteiger charge is 2.22. The van der Waals surface area contributed by atoms with E-state index in [-0.39, 0.29) is 5.91 Å². The molecule has 2 aromatic rings. The molecule has 0 aliphatic carbocycles. The van der Waals surface area contributed by atoms with Gasteiger partial charge in [-0.3, -0.25) is 9.36 Å². The molecular formula is C11H15N5O. The Bertz CT molecular complexity index is 560. The fourth-order valence-electron chi connectivity index (χ4n) is 1.81. The van der Waals surface area contributed by atoms with Gasteiger partial charge in [-0.2, -0.15) is 0 Å². The van der Waals surface area contributed by atoms with Crippen LogP contribution >= 0.6 is 0 Å². The van der Waals surface area contributed by atoms with E-state index in [1.165, 1.54) is 4.90 Å². The fourth-order valence-corrected chi connectivity index (χ4v) is 1.81. The van der Waals surface area contributed by atoms with Crippen molar-refractivity contribution in [1.29, 1.82) is 0 Å². The summed E-state index contributed by atoms with van der Waals surface area (Å²) in [6.45, 7) is 1.79. The first-order valence-corrected chi connectivity index (χ1v) is 5.32. The lowest BCUT2D eigenvalue weighted by molar-refractivity contribution is -0.131. The molecule has 0 aromatic carbocycles. The highest BCUT2D eigenvalue weighted by Crippen LogP contribution is 2.21. The van der Waals surface area contributed by atoms with Gasteiger partial charge in [0.1, 0.15) is 11.6 Å². The number of pyridine rings is 1. The third-order valence-electron chi connectivity index (χ3n) is 2.66. The maximum atomic E-state index is 11.9. The lowest BCUT2D eigenvalue weighted by Gasteiger charge is -2.18. The van der Waals surface area contributed by atoms with Gasteiger partial charge in [-0.05, 0) is 19.1 Å². The lowest BCUT2D eigenvalue weighted by atomic mass is 10.3. The van der Waals surface area contributed by atoms with Crippen LogP contribution in [0.2, 0.25) is 0 Å². The van der Waals surface area contributed by atoms with Gasteiger partial charge in [0, 0.05) is 20.3 Å². The van der Waals surface area contributed by atoms with Crippen LogP contribution in [0.5, 0.6) is 0 Å².